The third-order valence-corrected chi connectivity index (χ3v) is 2.70. The van der Waals surface area contributed by atoms with Crippen LogP contribution in [0.3, 0.4) is 0 Å². The van der Waals surface area contributed by atoms with Crippen LogP contribution in [0.15, 0.2) is 36.7 Å². The van der Waals surface area contributed by atoms with Crippen LogP contribution in [0, 0.1) is 5.41 Å². The highest BCUT2D eigenvalue weighted by Gasteiger charge is 2.07. The minimum absolute atomic E-state index is 0.136. The average molecular weight is 277 g/mol. The highest BCUT2D eigenvalue weighted by atomic mass is 35.5. The number of benzene rings is 1. The predicted molar refractivity (Wildman–Crippen MR) is 74.8 cm³/mol. The van der Waals surface area contributed by atoms with Crippen molar-refractivity contribution < 1.29 is 4.74 Å². The van der Waals surface area contributed by atoms with Crippen molar-refractivity contribution >= 4 is 17.3 Å². The van der Waals surface area contributed by atoms with Crippen LogP contribution >= 0.6 is 11.6 Å². The first-order valence-corrected chi connectivity index (χ1v) is 6.04. The summed E-state index contributed by atoms with van der Waals surface area (Å²) in [6.07, 6.45) is 3.34. The molecule has 0 aliphatic rings. The van der Waals surface area contributed by atoms with Gasteiger partial charge < -0.3 is 15.9 Å². The second-order valence-corrected chi connectivity index (χ2v) is 4.22. The third kappa shape index (κ3) is 3.49. The lowest BCUT2D eigenvalue weighted by molar-refractivity contribution is 0.374. The summed E-state index contributed by atoms with van der Waals surface area (Å²) in [7, 11) is 0. The Labute approximate surface area is 115 Å². The lowest BCUT2D eigenvalue weighted by Gasteiger charge is -2.09. The van der Waals surface area contributed by atoms with Gasteiger partial charge in [0, 0.05) is 24.5 Å². The van der Waals surface area contributed by atoms with Crippen LogP contribution in [0.4, 0.5) is 0 Å². The van der Waals surface area contributed by atoms with E-state index in [1.54, 1.807) is 30.6 Å². The first-order valence-electron chi connectivity index (χ1n) is 5.67. The molecular formula is C13H13ClN4O. The van der Waals surface area contributed by atoms with Gasteiger partial charge in [0.1, 0.15) is 12.4 Å². The molecule has 0 spiro atoms. The van der Waals surface area contributed by atoms with Crippen molar-refractivity contribution in [3.63, 3.8) is 0 Å². The molecular weight excluding hydrogens is 264 g/mol. The van der Waals surface area contributed by atoms with E-state index in [2.05, 4.69) is 9.97 Å². The van der Waals surface area contributed by atoms with E-state index >= 15 is 0 Å². The molecule has 0 amide bonds. The van der Waals surface area contributed by atoms with Crippen molar-refractivity contribution in [2.24, 2.45) is 5.73 Å². The molecule has 0 unspecified atom stereocenters. The summed E-state index contributed by atoms with van der Waals surface area (Å²) in [5.74, 6) is 1.12. The first-order chi connectivity index (χ1) is 9.20. The van der Waals surface area contributed by atoms with Crippen molar-refractivity contribution in [2.75, 3.05) is 13.2 Å². The van der Waals surface area contributed by atoms with Crippen LogP contribution in [0.5, 0.6) is 5.75 Å². The molecule has 5 nitrogen and oxygen atoms in total. The Morgan fingerprint density at radius 3 is 2.68 bits per heavy atom. The lowest BCUT2D eigenvalue weighted by Crippen LogP contribution is -2.20. The van der Waals surface area contributed by atoms with Gasteiger partial charge in [-0.2, -0.15) is 0 Å². The largest absolute Gasteiger partial charge is 0.486 e. The van der Waals surface area contributed by atoms with Crippen molar-refractivity contribution in [1.29, 1.82) is 5.41 Å². The van der Waals surface area contributed by atoms with Crippen LogP contribution < -0.4 is 10.5 Å². The van der Waals surface area contributed by atoms with Gasteiger partial charge >= 0.3 is 0 Å². The monoisotopic (exact) mass is 276 g/mol. The van der Waals surface area contributed by atoms with E-state index in [0.29, 0.717) is 22.3 Å². The second kappa shape index (κ2) is 6.26. The summed E-state index contributed by atoms with van der Waals surface area (Å²) >= 11 is 6.12. The van der Waals surface area contributed by atoms with Crippen molar-refractivity contribution in [3.05, 3.63) is 41.7 Å². The van der Waals surface area contributed by atoms with Gasteiger partial charge in [0.15, 0.2) is 5.82 Å². The smallest absolute Gasteiger partial charge is 0.159 e. The quantitative estimate of drug-likeness (QED) is 0.820. The number of ether oxygens (including phenoxy) is 1. The molecule has 2 aromatic rings. The van der Waals surface area contributed by atoms with Crippen LogP contribution in [-0.2, 0) is 0 Å². The fourth-order valence-electron chi connectivity index (χ4n) is 1.43. The molecule has 98 valence electrons. The van der Waals surface area contributed by atoms with Crippen LogP contribution in [-0.4, -0.2) is 28.8 Å². The number of nitrogens with one attached hydrogen (secondary N) is 1. The zero-order valence-electron chi connectivity index (χ0n) is 10.1. The van der Waals surface area contributed by atoms with Crippen LogP contribution in [0.25, 0.3) is 11.4 Å². The normalized spacial score (nSPS) is 10.2. The van der Waals surface area contributed by atoms with E-state index < -0.39 is 0 Å². The van der Waals surface area contributed by atoms with E-state index in [-0.39, 0.29) is 13.2 Å². The van der Waals surface area contributed by atoms with Crippen LogP contribution in [0.1, 0.15) is 0 Å². The van der Waals surface area contributed by atoms with Gasteiger partial charge in [-0.1, -0.05) is 11.6 Å². The molecule has 1 aromatic heterocycles. The summed E-state index contributed by atoms with van der Waals surface area (Å²) in [6.45, 7) is 0.310. The van der Waals surface area contributed by atoms with Gasteiger partial charge in [-0.05, 0) is 24.3 Å². The molecule has 3 N–H and O–H groups in total. The number of hydrogen-bond donors (Lipinski definition) is 2. The number of halogens is 1. The van der Waals surface area contributed by atoms with Gasteiger partial charge in [-0.25, -0.2) is 9.97 Å². The molecule has 0 atom stereocenters. The SMILES string of the molecule is N=C(CN)COc1ccc(-c2ncccn2)cc1Cl. The maximum Gasteiger partial charge on any atom is 0.159 e. The highest BCUT2D eigenvalue weighted by Crippen LogP contribution is 2.28. The molecule has 0 aliphatic carbocycles. The van der Waals surface area contributed by atoms with Gasteiger partial charge in [0.05, 0.1) is 10.7 Å². The van der Waals surface area contributed by atoms with Crippen molar-refractivity contribution in [2.45, 2.75) is 0 Å². The summed E-state index contributed by atoms with van der Waals surface area (Å²) in [4.78, 5) is 8.29. The van der Waals surface area contributed by atoms with Gasteiger partial charge in [-0.15, -0.1) is 0 Å². The van der Waals surface area contributed by atoms with Crippen molar-refractivity contribution in [1.82, 2.24) is 9.97 Å². The Balaban J connectivity index is 2.16. The molecule has 0 saturated heterocycles. The highest BCUT2D eigenvalue weighted by molar-refractivity contribution is 6.32. The fourth-order valence-corrected chi connectivity index (χ4v) is 1.66. The minimum atomic E-state index is 0.136. The van der Waals surface area contributed by atoms with Crippen molar-refractivity contribution in [3.8, 4) is 17.1 Å². The number of hydrogen-bond acceptors (Lipinski definition) is 5. The van der Waals surface area contributed by atoms with E-state index in [9.17, 15) is 0 Å². The van der Waals surface area contributed by atoms with Gasteiger partial charge in [0.25, 0.3) is 0 Å². The van der Waals surface area contributed by atoms with E-state index in [1.807, 2.05) is 6.07 Å². The maximum atomic E-state index is 7.42. The fraction of sp³-hybridized carbons (Fsp3) is 0.154. The first kappa shape index (κ1) is 13.5. The molecule has 19 heavy (non-hydrogen) atoms. The second-order valence-electron chi connectivity index (χ2n) is 3.81. The standard InChI is InChI=1S/C13H13ClN4O/c14-11-6-9(13-17-4-1-5-18-13)2-3-12(11)19-8-10(16)7-15/h1-6,16H,7-8,15H2. The maximum absolute atomic E-state index is 7.42. The molecule has 0 fully saturated rings. The molecule has 0 saturated carbocycles. The number of aromatic nitrogens is 2. The molecule has 0 aliphatic heterocycles. The number of nitrogens with two attached hydrogens (primary N) is 1. The Morgan fingerprint density at radius 1 is 1.32 bits per heavy atom. The summed E-state index contributed by atoms with van der Waals surface area (Å²) in [6, 6.07) is 7.04. The van der Waals surface area contributed by atoms with E-state index in [1.165, 1.54) is 0 Å². The molecule has 1 heterocycles. The van der Waals surface area contributed by atoms with Gasteiger partial charge in [0.2, 0.25) is 0 Å². The molecule has 1 aromatic carbocycles. The summed E-state index contributed by atoms with van der Waals surface area (Å²) < 4.78 is 5.40. The summed E-state index contributed by atoms with van der Waals surface area (Å²) in [5, 5.41) is 7.87. The Bertz CT molecular complexity index is 574. The third-order valence-electron chi connectivity index (χ3n) is 2.40. The molecule has 6 heteroatoms. The topological polar surface area (TPSA) is 84.9 Å². The van der Waals surface area contributed by atoms with E-state index in [4.69, 9.17) is 27.5 Å². The molecule has 0 radical (unpaired) electrons. The average Bonchev–Trinajstić information content (AvgIpc) is 2.46. The lowest BCUT2D eigenvalue weighted by atomic mass is 10.2. The molecule has 0 bridgehead atoms. The van der Waals surface area contributed by atoms with Gasteiger partial charge in [-0.3, -0.25) is 0 Å². The number of rotatable bonds is 5. The van der Waals surface area contributed by atoms with Crippen LogP contribution in [0.2, 0.25) is 5.02 Å². The predicted octanol–water partition coefficient (Wildman–Crippen LogP) is 2.15. The Kier molecular flexibility index (Phi) is 4.43. The minimum Gasteiger partial charge on any atom is -0.486 e. The zero-order valence-corrected chi connectivity index (χ0v) is 10.9. The summed E-state index contributed by atoms with van der Waals surface area (Å²) in [5.41, 5.74) is 6.44. The number of nitrogens with zero attached hydrogens (tertiary/aromatic N) is 2. The Hall–Kier alpha value is -1.98. The zero-order chi connectivity index (χ0) is 13.7. The molecule has 2 rings (SSSR count). The van der Waals surface area contributed by atoms with E-state index in [0.717, 1.165) is 5.56 Å². The Morgan fingerprint density at radius 2 is 2.05 bits per heavy atom.